The van der Waals surface area contributed by atoms with Gasteiger partial charge in [0.2, 0.25) is 0 Å². The molecule has 0 saturated heterocycles. The minimum atomic E-state index is 0.552. The molecule has 0 radical (unpaired) electrons. The molecule has 1 heteroatoms. The molecule has 19 heavy (non-hydrogen) atoms. The van der Waals surface area contributed by atoms with E-state index in [1.165, 1.54) is 36.8 Å². The van der Waals surface area contributed by atoms with Crippen molar-refractivity contribution in [1.29, 1.82) is 0 Å². The number of rotatable bonds is 4. The molecule has 2 rings (SSSR count). The predicted octanol–water partition coefficient (Wildman–Crippen LogP) is 4.68. The van der Waals surface area contributed by atoms with Crippen molar-refractivity contribution in [1.82, 2.24) is 0 Å². The molecule has 0 spiro atoms. The van der Waals surface area contributed by atoms with E-state index in [2.05, 4.69) is 45.0 Å². The number of nitrogens with two attached hydrogens (primary N) is 1. The van der Waals surface area contributed by atoms with Gasteiger partial charge in [0.15, 0.2) is 0 Å². The van der Waals surface area contributed by atoms with Crippen LogP contribution in [-0.2, 0) is 0 Å². The van der Waals surface area contributed by atoms with Gasteiger partial charge in [0, 0.05) is 0 Å². The van der Waals surface area contributed by atoms with Crippen LogP contribution in [0.2, 0.25) is 0 Å². The van der Waals surface area contributed by atoms with Crippen molar-refractivity contribution in [2.45, 2.75) is 58.3 Å². The van der Waals surface area contributed by atoms with Gasteiger partial charge in [0.05, 0.1) is 0 Å². The van der Waals surface area contributed by atoms with Crippen LogP contribution >= 0.6 is 0 Å². The molecule has 0 heterocycles. The average molecular weight is 259 g/mol. The van der Waals surface area contributed by atoms with Crippen LogP contribution < -0.4 is 5.73 Å². The molecule has 1 aliphatic rings. The third kappa shape index (κ3) is 3.39. The Labute approximate surface area is 118 Å². The molecule has 0 aliphatic heterocycles. The first-order valence-electron chi connectivity index (χ1n) is 7.93. The molecule has 0 bridgehead atoms. The van der Waals surface area contributed by atoms with E-state index in [4.69, 9.17) is 5.73 Å². The van der Waals surface area contributed by atoms with E-state index in [9.17, 15) is 0 Å². The molecule has 3 unspecified atom stereocenters. The van der Waals surface area contributed by atoms with Crippen LogP contribution in [0, 0.1) is 11.8 Å². The van der Waals surface area contributed by atoms with Crippen molar-refractivity contribution in [3.8, 4) is 0 Å². The zero-order valence-electron chi connectivity index (χ0n) is 12.7. The standard InChI is InChI=1S/C18H29N/c1-13(2)15-8-10-16(11-9-15)18(12-19)17-7-5-4-6-14(17)3/h8-11,13-14,17-18H,4-7,12,19H2,1-3H3. The van der Waals surface area contributed by atoms with E-state index in [-0.39, 0.29) is 0 Å². The average Bonchev–Trinajstić information content (AvgIpc) is 2.42. The summed E-state index contributed by atoms with van der Waals surface area (Å²) in [4.78, 5) is 0. The van der Waals surface area contributed by atoms with Gasteiger partial charge in [-0.3, -0.25) is 0 Å². The molecule has 0 amide bonds. The van der Waals surface area contributed by atoms with Gasteiger partial charge in [0.1, 0.15) is 0 Å². The molecule has 1 saturated carbocycles. The third-order valence-corrected chi connectivity index (χ3v) is 4.98. The monoisotopic (exact) mass is 259 g/mol. The fourth-order valence-corrected chi connectivity index (χ4v) is 3.63. The first kappa shape index (κ1) is 14.6. The molecule has 2 N–H and O–H groups in total. The van der Waals surface area contributed by atoms with E-state index in [0.717, 1.165) is 18.4 Å². The van der Waals surface area contributed by atoms with Crippen molar-refractivity contribution in [2.24, 2.45) is 17.6 Å². The highest BCUT2D eigenvalue weighted by atomic mass is 14.6. The van der Waals surface area contributed by atoms with Gasteiger partial charge in [-0.2, -0.15) is 0 Å². The van der Waals surface area contributed by atoms with Crippen molar-refractivity contribution < 1.29 is 0 Å². The maximum absolute atomic E-state index is 6.10. The zero-order chi connectivity index (χ0) is 13.8. The summed E-state index contributed by atoms with van der Waals surface area (Å²) in [6, 6.07) is 9.20. The Hall–Kier alpha value is -0.820. The zero-order valence-corrected chi connectivity index (χ0v) is 12.7. The van der Waals surface area contributed by atoms with Crippen LogP contribution in [0.25, 0.3) is 0 Å². The van der Waals surface area contributed by atoms with Gasteiger partial charge < -0.3 is 5.73 Å². The van der Waals surface area contributed by atoms with Crippen molar-refractivity contribution >= 4 is 0 Å². The van der Waals surface area contributed by atoms with Crippen LogP contribution in [0.4, 0.5) is 0 Å². The van der Waals surface area contributed by atoms with Gasteiger partial charge in [-0.25, -0.2) is 0 Å². The summed E-state index contributed by atoms with van der Waals surface area (Å²) in [6.45, 7) is 7.70. The van der Waals surface area contributed by atoms with E-state index in [1.807, 2.05) is 0 Å². The summed E-state index contributed by atoms with van der Waals surface area (Å²) < 4.78 is 0. The Balaban J connectivity index is 2.16. The fourth-order valence-electron chi connectivity index (χ4n) is 3.63. The largest absolute Gasteiger partial charge is 0.330 e. The molecule has 1 nitrogen and oxygen atoms in total. The Morgan fingerprint density at radius 1 is 1.05 bits per heavy atom. The predicted molar refractivity (Wildman–Crippen MR) is 83.4 cm³/mol. The third-order valence-electron chi connectivity index (χ3n) is 4.98. The number of benzene rings is 1. The highest BCUT2D eigenvalue weighted by Gasteiger charge is 2.29. The molecule has 1 aromatic rings. The summed E-state index contributed by atoms with van der Waals surface area (Å²) in [5, 5.41) is 0. The van der Waals surface area contributed by atoms with Gasteiger partial charge in [-0.15, -0.1) is 0 Å². The Bertz CT molecular complexity index is 379. The van der Waals surface area contributed by atoms with Crippen molar-refractivity contribution in [3.05, 3.63) is 35.4 Å². The molecule has 1 aromatic carbocycles. The Morgan fingerprint density at radius 2 is 1.63 bits per heavy atom. The smallest absolute Gasteiger partial charge is 0.000546 e. The second-order valence-electron chi connectivity index (χ2n) is 6.59. The van der Waals surface area contributed by atoms with Crippen LogP contribution in [0.15, 0.2) is 24.3 Å². The second kappa shape index (κ2) is 6.56. The van der Waals surface area contributed by atoms with Gasteiger partial charge >= 0.3 is 0 Å². The lowest BCUT2D eigenvalue weighted by Crippen LogP contribution is -2.28. The summed E-state index contributed by atoms with van der Waals surface area (Å²) in [5.74, 6) is 2.77. The minimum Gasteiger partial charge on any atom is -0.330 e. The molecule has 1 fully saturated rings. The normalized spacial score (nSPS) is 25.5. The van der Waals surface area contributed by atoms with Crippen molar-refractivity contribution in [3.63, 3.8) is 0 Å². The van der Waals surface area contributed by atoms with E-state index < -0.39 is 0 Å². The molecule has 106 valence electrons. The van der Waals surface area contributed by atoms with Crippen LogP contribution in [-0.4, -0.2) is 6.54 Å². The first-order valence-corrected chi connectivity index (χ1v) is 7.93. The summed E-state index contributed by atoms with van der Waals surface area (Å²) in [7, 11) is 0. The maximum Gasteiger partial charge on any atom is -0.000546 e. The Kier molecular flexibility index (Phi) is 5.04. The van der Waals surface area contributed by atoms with E-state index >= 15 is 0 Å². The van der Waals surface area contributed by atoms with Gasteiger partial charge in [-0.05, 0) is 47.8 Å². The number of hydrogen-bond donors (Lipinski definition) is 1. The van der Waals surface area contributed by atoms with Crippen LogP contribution in [0.3, 0.4) is 0 Å². The SMILES string of the molecule is CC(C)c1ccc(C(CN)C2CCCCC2C)cc1. The quantitative estimate of drug-likeness (QED) is 0.835. The minimum absolute atomic E-state index is 0.552. The maximum atomic E-state index is 6.10. The summed E-state index contributed by atoms with van der Waals surface area (Å²) in [5.41, 5.74) is 8.97. The van der Waals surface area contributed by atoms with Gasteiger partial charge in [0.25, 0.3) is 0 Å². The summed E-state index contributed by atoms with van der Waals surface area (Å²) in [6.07, 6.45) is 5.52. The van der Waals surface area contributed by atoms with E-state index in [1.54, 1.807) is 0 Å². The molecular formula is C18H29N. The lowest BCUT2D eigenvalue weighted by Gasteiger charge is -2.35. The second-order valence-corrected chi connectivity index (χ2v) is 6.59. The van der Waals surface area contributed by atoms with Crippen LogP contribution in [0.5, 0.6) is 0 Å². The highest BCUT2D eigenvalue weighted by Crippen LogP contribution is 2.39. The topological polar surface area (TPSA) is 26.0 Å². The highest BCUT2D eigenvalue weighted by molar-refractivity contribution is 5.28. The number of hydrogen-bond acceptors (Lipinski definition) is 1. The Morgan fingerprint density at radius 3 is 2.16 bits per heavy atom. The fraction of sp³-hybridized carbons (Fsp3) is 0.667. The van der Waals surface area contributed by atoms with E-state index in [0.29, 0.717) is 11.8 Å². The molecular weight excluding hydrogens is 230 g/mol. The first-order chi connectivity index (χ1) is 9.13. The lowest BCUT2D eigenvalue weighted by atomic mass is 9.71. The van der Waals surface area contributed by atoms with Crippen molar-refractivity contribution in [2.75, 3.05) is 6.54 Å². The molecule has 0 aromatic heterocycles. The summed E-state index contributed by atoms with van der Waals surface area (Å²) >= 11 is 0. The molecule has 3 atom stereocenters. The van der Waals surface area contributed by atoms with Crippen LogP contribution in [0.1, 0.15) is 69.4 Å². The lowest BCUT2D eigenvalue weighted by molar-refractivity contribution is 0.219. The van der Waals surface area contributed by atoms with Gasteiger partial charge in [-0.1, -0.05) is 64.3 Å². The molecule has 1 aliphatic carbocycles.